The van der Waals surface area contributed by atoms with Gasteiger partial charge in [-0.2, -0.15) is 0 Å². The largest absolute Gasteiger partial charge is 0.391 e. The van der Waals surface area contributed by atoms with E-state index in [1.807, 2.05) is 48.5 Å². The lowest BCUT2D eigenvalue weighted by atomic mass is 9.97. The third kappa shape index (κ3) is 3.57. The molecule has 0 fully saturated rings. The third-order valence-electron chi connectivity index (χ3n) is 3.70. The van der Waals surface area contributed by atoms with Gasteiger partial charge in [0.1, 0.15) is 6.61 Å². The van der Waals surface area contributed by atoms with Crippen molar-refractivity contribution in [2.45, 2.75) is 13.0 Å². The minimum atomic E-state index is -0.437. The summed E-state index contributed by atoms with van der Waals surface area (Å²) >= 11 is 0. The first-order valence-corrected chi connectivity index (χ1v) is 7.59. The number of pyridine rings is 1. The van der Waals surface area contributed by atoms with Crippen LogP contribution in [0.4, 0.5) is 0 Å². The Morgan fingerprint density at radius 2 is 1.92 bits per heavy atom. The van der Waals surface area contributed by atoms with Crippen LogP contribution in [0.25, 0.3) is 10.8 Å². The Balaban J connectivity index is 1.72. The van der Waals surface area contributed by atoms with Gasteiger partial charge in [0.2, 0.25) is 5.91 Å². The van der Waals surface area contributed by atoms with E-state index in [-0.39, 0.29) is 0 Å². The molecule has 0 radical (unpaired) electrons. The fourth-order valence-electron chi connectivity index (χ4n) is 2.56. The van der Waals surface area contributed by atoms with Crippen LogP contribution in [0.3, 0.4) is 0 Å². The second kappa shape index (κ2) is 7.37. The molecule has 0 bridgehead atoms. The van der Waals surface area contributed by atoms with Gasteiger partial charge in [0.15, 0.2) is 0 Å². The highest BCUT2D eigenvalue weighted by molar-refractivity contribution is 6.08. The normalized spacial score (nSPS) is 11.0. The number of nitrogens with two attached hydrogens (primary N) is 1. The summed E-state index contributed by atoms with van der Waals surface area (Å²) in [5, 5.41) is 5.79. The molecule has 0 spiro atoms. The van der Waals surface area contributed by atoms with Crippen molar-refractivity contribution in [1.29, 1.82) is 0 Å². The maximum Gasteiger partial charge on any atom is 0.249 e. The standard InChI is InChI=1S/C19H17N3O2/c20-19(23)18-16(6-5-15-3-1-2-4-17(15)18)9-12-22-24-13-14-7-10-21-11-8-14/h1-8,10-12H,9,13H2,(H2,20,23). The predicted octanol–water partition coefficient (Wildman–Crippen LogP) is 3.08. The van der Waals surface area contributed by atoms with Gasteiger partial charge in [0.05, 0.1) is 5.56 Å². The number of benzene rings is 2. The van der Waals surface area contributed by atoms with Crippen LogP contribution < -0.4 is 5.73 Å². The lowest BCUT2D eigenvalue weighted by Gasteiger charge is -2.08. The van der Waals surface area contributed by atoms with E-state index in [1.54, 1.807) is 18.6 Å². The maximum atomic E-state index is 11.9. The van der Waals surface area contributed by atoms with Crippen molar-refractivity contribution in [2.24, 2.45) is 10.9 Å². The first-order chi connectivity index (χ1) is 11.8. The van der Waals surface area contributed by atoms with E-state index in [2.05, 4.69) is 10.1 Å². The molecule has 0 aliphatic carbocycles. The fraction of sp³-hybridized carbons (Fsp3) is 0.105. The molecule has 1 heterocycles. The van der Waals surface area contributed by atoms with Crippen molar-refractivity contribution < 1.29 is 9.63 Å². The van der Waals surface area contributed by atoms with Gasteiger partial charge in [0, 0.05) is 25.0 Å². The lowest BCUT2D eigenvalue weighted by Crippen LogP contribution is -2.14. The molecule has 24 heavy (non-hydrogen) atoms. The number of amides is 1. The second-order valence-electron chi connectivity index (χ2n) is 5.31. The Morgan fingerprint density at radius 1 is 1.12 bits per heavy atom. The molecule has 5 nitrogen and oxygen atoms in total. The zero-order valence-corrected chi connectivity index (χ0v) is 13.1. The Labute approximate surface area is 139 Å². The number of carbonyl (C=O) groups is 1. The van der Waals surface area contributed by atoms with E-state index in [0.29, 0.717) is 18.6 Å². The molecule has 0 atom stereocenters. The van der Waals surface area contributed by atoms with Crippen molar-refractivity contribution in [2.75, 3.05) is 0 Å². The summed E-state index contributed by atoms with van der Waals surface area (Å²) in [4.78, 5) is 21.0. The third-order valence-corrected chi connectivity index (χ3v) is 3.70. The number of carbonyl (C=O) groups excluding carboxylic acids is 1. The van der Waals surface area contributed by atoms with Crippen LogP contribution in [0.1, 0.15) is 21.5 Å². The van der Waals surface area contributed by atoms with Crippen LogP contribution in [0.15, 0.2) is 66.1 Å². The zero-order valence-electron chi connectivity index (χ0n) is 13.1. The first-order valence-electron chi connectivity index (χ1n) is 7.59. The van der Waals surface area contributed by atoms with Crippen molar-refractivity contribution in [3.63, 3.8) is 0 Å². The molecular formula is C19H17N3O2. The summed E-state index contributed by atoms with van der Waals surface area (Å²) in [6.07, 6.45) is 5.52. The second-order valence-corrected chi connectivity index (χ2v) is 5.31. The quantitative estimate of drug-likeness (QED) is 0.560. The van der Waals surface area contributed by atoms with E-state index in [4.69, 9.17) is 10.6 Å². The van der Waals surface area contributed by atoms with Crippen LogP contribution in [0, 0.1) is 0 Å². The SMILES string of the molecule is NC(=O)c1c(CC=NOCc2ccncc2)ccc2ccccc12. The number of fused-ring (bicyclic) bond motifs is 1. The van der Waals surface area contributed by atoms with Crippen molar-refractivity contribution >= 4 is 22.9 Å². The van der Waals surface area contributed by atoms with Crippen LogP contribution in [0.2, 0.25) is 0 Å². The molecule has 0 aliphatic rings. The molecule has 3 rings (SSSR count). The monoisotopic (exact) mass is 319 g/mol. The zero-order chi connectivity index (χ0) is 16.8. The first kappa shape index (κ1) is 15.7. The van der Waals surface area contributed by atoms with Gasteiger partial charge in [0.25, 0.3) is 0 Å². The van der Waals surface area contributed by atoms with Gasteiger partial charge in [-0.25, -0.2) is 0 Å². The van der Waals surface area contributed by atoms with E-state index in [9.17, 15) is 4.79 Å². The predicted molar refractivity (Wildman–Crippen MR) is 93.7 cm³/mol. The number of hydrogen-bond donors (Lipinski definition) is 1. The minimum Gasteiger partial charge on any atom is -0.391 e. The topological polar surface area (TPSA) is 77.6 Å². The van der Waals surface area contributed by atoms with Gasteiger partial charge in [-0.15, -0.1) is 0 Å². The Kier molecular flexibility index (Phi) is 4.81. The molecule has 2 N–H and O–H groups in total. The number of primary amides is 1. The lowest BCUT2D eigenvalue weighted by molar-refractivity contribution is 0.100. The number of aromatic nitrogens is 1. The molecule has 0 saturated carbocycles. The van der Waals surface area contributed by atoms with E-state index in [0.717, 1.165) is 21.9 Å². The molecule has 1 amide bonds. The molecule has 0 saturated heterocycles. The van der Waals surface area contributed by atoms with Crippen LogP contribution in [0.5, 0.6) is 0 Å². The molecule has 5 heteroatoms. The van der Waals surface area contributed by atoms with Gasteiger partial charge >= 0.3 is 0 Å². The summed E-state index contributed by atoms with van der Waals surface area (Å²) in [6.45, 7) is 0.374. The molecule has 1 aromatic heterocycles. The number of nitrogens with zero attached hydrogens (tertiary/aromatic N) is 2. The highest BCUT2D eigenvalue weighted by Gasteiger charge is 2.11. The molecule has 2 aromatic carbocycles. The summed E-state index contributed by atoms with van der Waals surface area (Å²) in [5.74, 6) is -0.437. The fourth-order valence-corrected chi connectivity index (χ4v) is 2.56. The van der Waals surface area contributed by atoms with E-state index in [1.165, 1.54) is 0 Å². The summed E-state index contributed by atoms with van der Waals surface area (Å²) in [6, 6.07) is 15.3. The van der Waals surface area contributed by atoms with Gasteiger partial charge < -0.3 is 10.6 Å². The summed E-state index contributed by atoms with van der Waals surface area (Å²) in [7, 11) is 0. The highest BCUT2D eigenvalue weighted by atomic mass is 16.6. The van der Waals surface area contributed by atoms with E-state index >= 15 is 0 Å². The number of hydrogen-bond acceptors (Lipinski definition) is 4. The number of oxime groups is 1. The molecule has 0 unspecified atom stereocenters. The van der Waals surface area contributed by atoms with Crippen molar-refractivity contribution in [3.8, 4) is 0 Å². The maximum absolute atomic E-state index is 11.9. The van der Waals surface area contributed by atoms with Crippen LogP contribution in [-0.4, -0.2) is 17.1 Å². The van der Waals surface area contributed by atoms with E-state index < -0.39 is 5.91 Å². The average Bonchev–Trinajstić information content (AvgIpc) is 2.61. The Bertz CT molecular complexity index is 876. The average molecular weight is 319 g/mol. The van der Waals surface area contributed by atoms with Gasteiger partial charge in [-0.05, 0) is 34.0 Å². The Hall–Kier alpha value is -3.21. The molecule has 0 aliphatic heterocycles. The van der Waals surface area contributed by atoms with Crippen LogP contribution >= 0.6 is 0 Å². The molecular weight excluding hydrogens is 302 g/mol. The van der Waals surface area contributed by atoms with Crippen LogP contribution in [-0.2, 0) is 17.9 Å². The van der Waals surface area contributed by atoms with Gasteiger partial charge in [-0.1, -0.05) is 41.6 Å². The highest BCUT2D eigenvalue weighted by Crippen LogP contribution is 2.22. The summed E-state index contributed by atoms with van der Waals surface area (Å²) in [5.41, 5.74) is 7.92. The number of rotatable bonds is 6. The minimum absolute atomic E-state index is 0.374. The van der Waals surface area contributed by atoms with Gasteiger partial charge in [-0.3, -0.25) is 9.78 Å². The van der Waals surface area contributed by atoms with Crippen molar-refractivity contribution in [1.82, 2.24) is 4.98 Å². The molecule has 120 valence electrons. The Morgan fingerprint density at radius 3 is 2.71 bits per heavy atom. The summed E-state index contributed by atoms with van der Waals surface area (Å²) < 4.78 is 0. The molecule has 3 aromatic rings. The van der Waals surface area contributed by atoms with Crippen molar-refractivity contribution in [3.05, 3.63) is 77.6 Å². The smallest absolute Gasteiger partial charge is 0.249 e.